The molecule has 0 saturated heterocycles. The summed E-state index contributed by atoms with van der Waals surface area (Å²) in [5.74, 6) is 1.06. The minimum absolute atomic E-state index is 0.503. The van der Waals surface area contributed by atoms with E-state index >= 15 is 0 Å². The van der Waals surface area contributed by atoms with Crippen LogP contribution in [0.15, 0.2) is 31.6 Å². The molecule has 2 aromatic rings. The van der Waals surface area contributed by atoms with Crippen molar-refractivity contribution in [2.75, 3.05) is 6.54 Å². The Labute approximate surface area is 109 Å². The normalized spacial score (nSPS) is 10.7. The van der Waals surface area contributed by atoms with Crippen LogP contribution >= 0.6 is 31.9 Å². The molecule has 16 heavy (non-hydrogen) atoms. The van der Waals surface area contributed by atoms with Crippen molar-refractivity contribution in [2.45, 2.75) is 6.42 Å². The van der Waals surface area contributed by atoms with E-state index in [1.165, 1.54) is 0 Å². The van der Waals surface area contributed by atoms with Gasteiger partial charge in [0.1, 0.15) is 0 Å². The molecular formula is C10H9Br2N3O. The molecule has 0 amide bonds. The van der Waals surface area contributed by atoms with Gasteiger partial charge in [0.25, 0.3) is 0 Å². The maximum Gasteiger partial charge on any atom is 0.248 e. The molecule has 0 atom stereocenters. The standard InChI is InChI=1S/C10H9Br2N3O/c11-6-1-2-7(8(12)5-6)10-15-14-9(16-10)3-4-13/h1-2,5H,3-4,13H2. The van der Waals surface area contributed by atoms with E-state index in [1.807, 2.05) is 18.2 Å². The molecule has 0 aliphatic rings. The highest BCUT2D eigenvalue weighted by Crippen LogP contribution is 2.29. The van der Waals surface area contributed by atoms with Crippen molar-refractivity contribution in [2.24, 2.45) is 5.73 Å². The number of benzene rings is 1. The summed E-state index contributed by atoms with van der Waals surface area (Å²) >= 11 is 6.84. The largest absolute Gasteiger partial charge is 0.421 e. The predicted octanol–water partition coefficient (Wildman–Crippen LogP) is 2.76. The van der Waals surface area contributed by atoms with Gasteiger partial charge in [-0.05, 0) is 34.1 Å². The van der Waals surface area contributed by atoms with Crippen LogP contribution in [0.25, 0.3) is 11.5 Å². The highest BCUT2D eigenvalue weighted by molar-refractivity contribution is 9.11. The zero-order valence-electron chi connectivity index (χ0n) is 8.28. The highest BCUT2D eigenvalue weighted by atomic mass is 79.9. The molecule has 0 radical (unpaired) electrons. The second-order valence-corrected chi connectivity index (χ2v) is 4.93. The molecule has 0 unspecified atom stereocenters. The number of aromatic nitrogens is 2. The van der Waals surface area contributed by atoms with Crippen LogP contribution in [0.3, 0.4) is 0 Å². The van der Waals surface area contributed by atoms with E-state index in [4.69, 9.17) is 10.2 Å². The van der Waals surface area contributed by atoms with Crippen molar-refractivity contribution in [3.8, 4) is 11.5 Å². The minimum Gasteiger partial charge on any atom is -0.421 e. The lowest BCUT2D eigenvalue weighted by Crippen LogP contribution is -2.02. The average Bonchev–Trinajstić information content (AvgIpc) is 2.67. The molecule has 0 aliphatic carbocycles. The molecule has 0 aliphatic heterocycles. The van der Waals surface area contributed by atoms with E-state index in [0.717, 1.165) is 14.5 Å². The molecule has 84 valence electrons. The van der Waals surface area contributed by atoms with Gasteiger partial charge in [-0.15, -0.1) is 10.2 Å². The van der Waals surface area contributed by atoms with Gasteiger partial charge in [-0.2, -0.15) is 0 Å². The molecule has 1 heterocycles. The molecule has 1 aromatic heterocycles. The first kappa shape index (κ1) is 11.8. The van der Waals surface area contributed by atoms with E-state index in [2.05, 4.69) is 42.1 Å². The van der Waals surface area contributed by atoms with E-state index in [1.54, 1.807) is 0 Å². The quantitative estimate of drug-likeness (QED) is 0.928. The minimum atomic E-state index is 0.503. The van der Waals surface area contributed by atoms with Gasteiger partial charge in [0.15, 0.2) is 0 Å². The van der Waals surface area contributed by atoms with Gasteiger partial charge in [-0.1, -0.05) is 15.9 Å². The number of nitrogens with two attached hydrogens (primary N) is 1. The van der Waals surface area contributed by atoms with Crippen LogP contribution < -0.4 is 5.73 Å². The van der Waals surface area contributed by atoms with E-state index in [-0.39, 0.29) is 0 Å². The lowest BCUT2D eigenvalue weighted by Gasteiger charge is -1.99. The number of rotatable bonds is 3. The summed E-state index contributed by atoms with van der Waals surface area (Å²) in [6, 6.07) is 5.77. The SMILES string of the molecule is NCCc1nnc(-c2ccc(Br)cc2Br)o1. The summed E-state index contributed by atoms with van der Waals surface area (Å²) in [5, 5.41) is 7.89. The lowest BCUT2D eigenvalue weighted by molar-refractivity contribution is 0.507. The van der Waals surface area contributed by atoms with Gasteiger partial charge in [0, 0.05) is 21.9 Å². The molecule has 6 heteroatoms. The molecule has 0 fully saturated rings. The molecular weight excluding hydrogens is 338 g/mol. The van der Waals surface area contributed by atoms with Crippen molar-refractivity contribution in [1.82, 2.24) is 10.2 Å². The highest BCUT2D eigenvalue weighted by Gasteiger charge is 2.11. The topological polar surface area (TPSA) is 64.9 Å². The van der Waals surface area contributed by atoms with Crippen LogP contribution in [-0.4, -0.2) is 16.7 Å². The summed E-state index contributed by atoms with van der Waals surface area (Å²) < 4.78 is 7.38. The van der Waals surface area contributed by atoms with Gasteiger partial charge in [0.05, 0.1) is 5.56 Å². The monoisotopic (exact) mass is 345 g/mol. The van der Waals surface area contributed by atoms with Crippen molar-refractivity contribution in [3.63, 3.8) is 0 Å². The van der Waals surface area contributed by atoms with Crippen LogP contribution in [-0.2, 0) is 6.42 Å². The third-order valence-corrected chi connectivity index (χ3v) is 3.14. The van der Waals surface area contributed by atoms with Crippen molar-refractivity contribution in [3.05, 3.63) is 33.0 Å². The first-order valence-electron chi connectivity index (χ1n) is 4.68. The Morgan fingerprint density at radius 3 is 2.75 bits per heavy atom. The number of hydrogen-bond acceptors (Lipinski definition) is 4. The fourth-order valence-electron chi connectivity index (χ4n) is 1.25. The smallest absolute Gasteiger partial charge is 0.248 e. The fraction of sp³-hybridized carbons (Fsp3) is 0.200. The summed E-state index contributed by atoms with van der Waals surface area (Å²) in [4.78, 5) is 0. The maximum atomic E-state index is 5.48. The summed E-state index contributed by atoms with van der Waals surface area (Å²) in [5.41, 5.74) is 6.29. The van der Waals surface area contributed by atoms with Gasteiger partial charge in [-0.25, -0.2) is 0 Å². The zero-order chi connectivity index (χ0) is 11.5. The van der Waals surface area contributed by atoms with Gasteiger partial charge in [0.2, 0.25) is 11.8 Å². The van der Waals surface area contributed by atoms with Gasteiger partial charge < -0.3 is 10.2 Å². The summed E-state index contributed by atoms with van der Waals surface area (Å²) in [6.45, 7) is 0.503. The molecule has 2 rings (SSSR count). The number of nitrogens with zero attached hydrogens (tertiary/aromatic N) is 2. The Balaban J connectivity index is 2.35. The Morgan fingerprint density at radius 1 is 1.25 bits per heavy atom. The summed E-state index contributed by atoms with van der Waals surface area (Å²) in [6.07, 6.45) is 0.598. The average molecular weight is 347 g/mol. The number of hydrogen-bond donors (Lipinski definition) is 1. The van der Waals surface area contributed by atoms with Gasteiger partial charge >= 0.3 is 0 Å². The third-order valence-electron chi connectivity index (χ3n) is 1.99. The van der Waals surface area contributed by atoms with Crippen LogP contribution in [0.5, 0.6) is 0 Å². The van der Waals surface area contributed by atoms with Crippen LogP contribution in [0.1, 0.15) is 5.89 Å². The fourth-order valence-corrected chi connectivity index (χ4v) is 2.47. The van der Waals surface area contributed by atoms with Crippen molar-refractivity contribution < 1.29 is 4.42 Å². The molecule has 0 bridgehead atoms. The second-order valence-electron chi connectivity index (χ2n) is 3.16. The molecule has 1 aromatic carbocycles. The van der Waals surface area contributed by atoms with Crippen molar-refractivity contribution in [1.29, 1.82) is 0 Å². The molecule has 4 nitrogen and oxygen atoms in total. The van der Waals surface area contributed by atoms with E-state index in [0.29, 0.717) is 24.7 Å². The molecule has 0 saturated carbocycles. The van der Waals surface area contributed by atoms with Gasteiger partial charge in [-0.3, -0.25) is 0 Å². The lowest BCUT2D eigenvalue weighted by atomic mass is 10.2. The Morgan fingerprint density at radius 2 is 2.06 bits per heavy atom. The van der Waals surface area contributed by atoms with Crippen LogP contribution in [0.4, 0.5) is 0 Å². The Bertz CT molecular complexity index is 499. The van der Waals surface area contributed by atoms with E-state index in [9.17, 15) is 0 Å². The Kier molecular flexibility index (Phi) is 3.73. The van der Waals surface area contributed by atoms with Crippen LogP contribution in [0, 0.1) is 0 Å². The predicted molar refractivity (Wildman–Crippen MR) is 67.9 cm³/mol. The molecule has 2 N–H and O–H groups in total. The number of halogens is 2. The van der Waals surface area contributed by atoms with Crippen LogP contribution in [0.2, 0.25) is 0 Å². The maximum absolute atomic E-state index is 5.48. The summed E-state index contributed by atoms with van der Waals surface area (Å²) in [7, 11) is 0. The zero-order valence-corrected chi connectivity index (χ0v) is 11.5. The molecule has 0 spiro atoms. The Hall–Kier alpha value is -0.720. The second kappa shape index (κ2) is 5.07. The first-order chi connectivity index (χ1) is 7.70. The first-order valence-corrected chi connectivity index (χ1v) is 6.27. The van der Waals surface area contributed by atoms with E-state index < -0.39 is 0 Å². The third kappa shape index (κ3) is 2.50. The van der Waals surface area contributed by atoms with Crippen molar-refractivity contribution >= 4 is 31.9 Å².